The van der Waals surface area contributed by atoms with Crippen molar-refractivity contribution in [2.75, 3.05) is 18.0 Å². The van der Waals surface area contributed by atoms with Crippen molar-refractivity contribution in [1.82, 2.24) is 14.5 Å². The van der Waals surface area contributed by atoms with E-state index in [0.29, 0.717) is 24.7 Å². The van der Waals surface area contributed by atoms with Crippen LogP contribution in [0.4, 0.5) is 5.69 Å². The SMILES string of the molecule is CCCCC1CN(c2cccc(Cl)c2)C(=O)CN1Cc1cncn1Cc1ccc(Cl)cc1. The normalized spacial score (nSPS) is 17.2. The zero-order valence-corrected chi connectivity index (χ0v) is 19.8. The smallest absolute Gasteiger partial charge is 0.241 e. The van der Waals surface area contributed by atoms with Crippen LogP contribution in [0.3, 0.4) is 0 Å². The Kier molecular flexibility index (Phi) is 7.51. The quantitative estimate of drug-likeness (QED) is 0.427. The molecule has 1 atom stereocenters. The third-order valence-corrected chi connectivity index (χ3v) is 6.48. The highest BCUT2D eigenvalue weighted by Crippen LogP contribution is 2.26. The van der Waals surface area contributed by atoms with Crippen molar-refractivity contribution in [2.24, 2.45) is 0 Å². The van der Waals surface area contributed by atoms with Crippen LogP contribution in [0.15, 0.2) is 61.1 Å². The highest BCUT2D eigenvalue weighted by atomic mass is 35.5. The van der Waals surface area contributed by atoms with Crippen molar-refractivity contribution in [3.63, 3.8) is 0 Å². The van der Waals surface area contributed by atoms with Crippen molar-refractivity contribution >= 4 is 34.8 Å². The Balaban J connectivity index is 1.51. The molecule has 1 fully saturated rings. The van der Waals surface area contributed by atoms with Gasteiger partial charge in [-0.3, -0.25) is 9.69 Å². The van der Waals surface area contributed by atoms with Crippen molar-refractivity contribution in [1.29, 1.82) is 0 Å². The molecule has 2 heterocycles. The summed E-state index contributed by atoms with van der Waals surface area (Å²) in [7, 11) is 0. The molecule has 32 heavy (non-hydrogen) atoms. The number of hydrogen-bond acceptors (Lipinski definition) is 3. The summed E-state index contributed by atoms with van der Waals surface area (Å²) in [6.45, 7) is 4.67. The molecule has 0 saturated carbocycles. The Labute approximate surface area is 199 Å². The maximum atomic E-state index is 13.1. The average Bonchev–Trinajstić information content (AvgIpc) is 3.21. The maximum absolute atomic E-state index is 13.1. The van der Waals surface area contributed by atoms with Crippen LogP contribution in [-0.4, -0.2) is 39.5 Å². The zero-order chi connectivity index (χ0) is 22.5. The fourth-order valence-corrected chi connectivity index (χ4v) is 4.54. The molecule has 1 amide bonds. The van der Waals surface area contributed by atoms with E-state index in [0.717, 1.165) is 47.8 Å². The second kappa shape index (κ2) is 10.5. The lowest BCUT2D eigenvalue weighted by Crippen LogP contribution is -2.56. The fraction of sp³-hybridized carbons (Fsp3) is 0.360. The number of aromatic nitrogens is 2. The van der Waals surface area contributed by atoms with Gasteiger partial charge in [0.05, 0.1) is 18.6 Å². The van der Waals surface area contributed by atoms with Crippen LogP contribution < -0.4 is 4.90 Å². The summed E-state index contributed by atoms with van der Waals surface area (Å²) < 4.78 is 2.15. The van der Waals surface area contributed by atoms with Crippen molar-refractivity contribution < 1.29 is 4.79 Å². The summed E-state index contributed by atoms with van der Waals surface area (Å²) in [6.07, 6.45) is 7.06. The minimum Gasteiger partial charge on any atom is -0.329 e. The van der Waals surface area contributed by atoms with E-state index in [2.05, 4.69) is 21.4 Å². The molecule has 0 aliphatic carbocycles. The molecule has 4 rings (SSSR count). The van der Waals surface area contributed by atoms with Crippen molar-refractivity contribution in [3.8, 4) is 0 Å². The molecule has 1 unspecified atom stereocenters. The maximum Gasteiger partial charge on any atom is 0.241 e. The van der Waals surface area contributed by atoms with E-state index in [1.807, 2.05) is 66.0 Å². The van der Waals surface area contributed by atoms with Gasteiger partial charge in [0.1, 0.15) is 0 Å². The lowest BCUT2D eigenvalue weighted by atomic mass is 10.0. The number of carbonyl (C=O) groups excluding carboxylic acids is 1. The molecule has 0 bridgehead atoms. The molecule has 1 aromatic heterocycles. The second-order valence-electron chi connectivity index (χ2n) is 8.32. The predicted octanol–water partition coefficient (Wildman–Crippen LogP) is 5.65. The van der Waals surface area contributed by atoms with E-state index in [-0.39, 0.29) is 11.9 Å². The largest absolute Gasteiger partial charge is 0.329 e. The first-order valence-corrected chi connectivity index (χ1v) is 11.8. The number of imidazole rings is 1. The zero-order valence-electron chi connectivity index (χ0n) is 18.3. The van der Waals surface area contributed by atoms with Gasteiger partial charge >= 0.3 is 0 Å². The first-order valence-electron chi connectivity index (χ1n) is 11.1. The van der Waals surface area contributed by atoms with Crippen LogP contribution in [0, 0.1) is 0 Å². The number of carbonyl (C=O) groups is 1. The third-order valence-electron chi connectivity index (χ3n) is 5.99. The van der Waals surface area contributed by atoms with Crippen LogP contribution in [0.25, 0.3) is 0 Å². The molecular formula is C25H28Cl2N4O. The Morgan fingerprint density at radius 3 is 2.62 bits per heavy atom. The Morgan fingerprint density at radius 1 is 1.06 bits per heavy atom. The number of rotatable bonds is 8. The van der Waals surface area contributed by atoms with Crippen LogP contribution >= 0.6 is 23.2 Å². The number of amides is 1. The molecule has 0 radical (unpaired) electrons. The number of hydrogen-bond donors (Lipinski definition) is 0. The first-order chi connectivity index (χ1) is 15.5. The average molecular weight is 471 g/mol. The van der Waals surface area contributed by atoms with E-state index in [4.69, 9.17) is 23.2 Å². The van der Waals surface area contributed by atoms with E-state index < -0.39 is 0 Å². The lowest BCUT2D eigenvalue weighted by Gasteiger charge is -2.41. The number of unbranched alkanes of at least 4 members (excludes halogenated alkanes) is 1. The Morgan fingerprint density at radius 2 is 1.88 bits per heavy atom. The number of nitrogens with zero attached hydrogens (tertiary/aromatic N) is 4. The van der Waals surface area contributed by atoms with Gasteiger partial charge in [-0.15, -0.1) is 0 Å². The third kappa shape index (κ3) is 5.52. The monoisotopic (exact) mass is 470 g/mol. The van der Waals surface area contributed by atoms with E-state index in [9.17, 15) is 4.79 Å². The molecule has 2 aromatic carbocycles. The molecule has 1 aliphatic rings. The van der Waals surface area contributed by atoms with Crippen LogP contribution in [-0.2, 0) is 17.9 Å². The summed E-state index contributed by atoms with van der Waals surface area (Å²) >= 11 is 12.2. The predicted molar refractivity (Wildman–Crippen MR) is 130 cm³/mol. The van der Waals surface area contributed by atoms with Crippen LogP contribution in [0.5, 0.6) is 0 Å². The molecule has 7 heteroatoms. The summed E-state index contributed by atoms with van der Waals surface area (Å²) in [5.41, 5.74) is 3.14. The highest BCUT2D eigenvalue weighted by molar-refractivity contribution is 6.31. The number of piperazine rings is 1. The molecule has 0 N–H and O–H groups in total. The van der Waals surface area contributed by atoms with Gasteiger partial charge < -0.3 is 9.47 Å². The molecule has 1 saturated heterocycles. The van der Waals surface area contributed by atoms with Gasteiger partial charge in [-0.2, -0.15) is 0 Å². The number of benzene rings is 2. The summed E-state index contributed by atoms with van der Waals surface area (Å²) in [5, 5.41) is 1.38. The standard InChI is InChI=1S/C25H28Cl2N4O/c1-2-3-6-23-16-31(22-7-4-5-21(27)12-22)25(32)17-29(23)15-24-13-28-18-30(24)14-19-8-10-20(26)11-9-19/h4-5,7-13,18,23H,2-3,6,14-17H2,1H3. The highest BCUT2D eigenvalue weighted by Gasteiger charge is 2.33. The summed E-state index contributed by atoms with van der Waals surface area (Å²) in [5.74, 6) is 0.101. The second-order valence-corrected chi connectivity index (χ2v) is 9.20. The van der Waals surface area contributed by atoms with E-state index in [1.54, 1.807) is 0 Å². The molecule has 1 aliphatic heterocycles. The van der Waals surface area contributed by atoms with Gasteiger partial charge in [-0.05, 0) is 42.3 Å². The Bertz CT molecular complexity index is 1050. The van der Waals surface area contributed by atoms with Gasteiger partial charge in [-0.25, -0.2) is 4.98 Å². The number of halogens is 2. The molecule has 3 aromatic rings. The van der Waals surface area contributed by atoms with Gasteiger partial charge in [0.25, 0.3) is 0 Å². The summed E-state index contributed by atoms with van der Waals surface area (Å²) in [4.78, 5) is 21.6. The fourth-order valence-electron chi connectivity index (χ4n) is 4.23. The lowest BCUT2D eigenvalue weighted by molar-refractivity contribution is -0.122. The molecular weight excluding hydrogens is 443 g/mol. The topological polar surface area (TPSA) is 41.4 Å². The molecule has 0 spiro atoms. The van der Waals surface area contributed by atoms with Crippen LogP contribution in [0.1, 0.15) is 37.4 Å². The van der Waals surface area contributed by atoms with E-state index in [1.165, 1.54) is 0 Å². The molecule has 5 nitrogen and oxygen atoms in total. The van der Waals surface area contributed by atoms with Gasteiger partial charge in [0.2, 0.25) is 5.91 Å². The number of anilines is 1. The van der Waals surface area contributed by atoms with Crippen LogP contribution in [0.2, 0.25) is 10.0 Å². The first kappa shape index (κ1) is 22.8. The summed E-state index contributed by atoms with van der Waals surface area (Å²) in [6, 6.07) is 15.7. The Hall–Kier alpha value is -2.34. The van der Waals surface area contributed by atoms with E-state index >= 15 is 0 Å². The van der Waals surface area contributed by atoms with Crippen molar-refractivity contribution in [2.45, 2.75) is 45.3 Å². The van der Waals surface area contributed by atoms with Gasteiger partial charge in [-0.1, -0.05) is 61.2 Å². The van der Waals surface area contributed by atoms with Gasteiger partial charge in [0, 0.05) is 47.6 Å². The van der Waals surface area contributed by atoms with Crippen molar-refractivity contribution in [3.05, 3.63) is 82.4 Å². The minimum atomic E-state index is 0.101. The minimum absolute atomic E-state index is 0.101. The van der Waals surface area contributed by atoms with Gasteiger partial charge in [0.15, 0.2) is 0 Å². The molecule has 168 valence electrons.